The van der Waals surface area contributed by atoms with Crippen LogP contribution in [0.15, 0.2) is 15.2 Å². The molecule has 0 fully saturated rings. The smallest absolute Gasteiger partial charge is 0.216 e. The predicted molar refractivity (Wildman–Crippen MR) is 58.0 cm³/mol. The lowest BCUT2D eigenvalue weighted by Gasteiger charge is -2.31. The zero-order valence-corrected chi connectivity index (χ0v) is 8.90. The number of aliphatic imine (C=N–C) groups is 1. The van der Waals surface area contributed by atoms with Crippen molar-refractivity contribution in [2.24, 2.45) is 26.8 Å². The molecule has 0 saturated heterocycles. The van der Waals surface area contributed by atoms with Crippen LogP contribution < -0.4 is 22.5 Å². The highest BCUT2D eigenvalue weighted by atomic mass is 16.6. The van der Waals surface area contributed by atoms with E-state index >= 15 is 0 Å². The maximum absolute atomic E-state index is 5.54. The van der Waals surface area contributed by atoms with Crippen LogP contribution in [-0.4, -0.2) is 30.2 Å². The van der Waals surface area contributed by atoms with Crippen molar-refractivity contribution in [2.75, 3.05) is 7.11 Å². The lowest BCUT2D eigenvalue weighted by molar-refractivity contribution is 0.0634. The molecule has 0 amide bonds. The van der Waals surface area contributed by atoms with Crippen molar-refractivity contribution in [3.8, 4) is 0 Å². The maximum atomic E-state index is 5.54. The van der Waals surface area contributed by atoms with Crippen molar-refractivity contribution in [1.82, 2.24) is 10.9 Å². The van der Waals surface area contributed by atoms with E-state index in [9.17, 15) is 0 Å². The summed E-state index contributed by atoms with van der Waals surface area (Å²) in [4.78, 5) is 9.03. The fraction of sp³-hybridized carbons (Fsp3) is 0.571. The predicted octanol–water partition coefficient (Wildman–Crippen LogP) is -1.54. The third-order valence-electron chi connectivity index (χ3n) is 2.12. The molecular formula is C7H15N7O. The Bertz CT molecular complexity index is 328. The maximum Gasteiger partial charge on any atom is 0.216 e. The Morgan fingerprint density at radius 3 is 2.87 bits per heavy atom. The standard InChI is InChI=1S/C7H15N7O/c1-4(11-9)7(14-15-3)5(2)12-13-6(8)10-7/h14H,9H2,1-3H3,(H3,8,10,13)/b11-4+. The van der Waals surface area contributed by atoms with Crippen LogP contribution in [0, 0.1) is 0 Å². The van der Waals surface area contributed by atoms with Crippen LogP contribution in [0.2, 0.25) is 0 Å². The minimum Gasteiger partial charge on any atom is -0.368 e. The molecule has 1 unspecified atom stereocenters. The second-order valence-electron chi connectivity index (χ2n) is 3.04. The van der Waals surface area contributed by atoms with Crippen molar-refractivity contribution < 1.29 is 4.84 Å². The van der Waals surface area contributed by atoms with Gasteiger partial charge in [-0.3, -0.25) is 0 Å². The van der Waals surface area contributed by atoms with Gasteiger partial charge < -0.3 is 16.4 Å². The zero-order valence-electron chi connectivity index (χ0n) is 8.90. The highest BCUT2D eigenvalue weighted by molar-refractivity contribution is 6.16. The first-order valence-corrected chi connectivity index (χ1v) is 4.28. The summed E-state index contributed by atoms with van der Waals surface area (Å²) in [6.45, 7) is 3.46. The molecule has 0 aromatic carbocycles. The lowest BCUT2D eigenvalue weighted by atomic mass is 10.0. The van der Waals surface area contributed by atoms with Crippen molar-refractivity contribution in [2.45, 2.75) is 19.5 Å². The van der Waals surface area contributed by atoms with Crippen LogP contribution in [0.4, 0.5) is 0 Å². The van der Waals surface area contributed by atoms with Crippen LogP contribution in [0.1, 0.15) is 13.8 Å². The van der Waals surface area contributed by atoms with Crippen molar-refractivity contribution >= 4 is 17.4 Å². The number of nitrogens with two attached hydrogens (primary N) is 2. The fourth-order valence-corrected chi connectivity index (χ4v) is 1.26. The van der Waals surface area contributed by atoms with Gasteiger partial charge in [0.05, 0.1) is 18.5 Å². The van der Waals surface area contributed by atoms with Crippen LogP contribution in [0.3, 0.4) is 0 Å². The molecule has 0 spiro atoms. The van der Waals surface area contributed by atoms with Gasteiger partial charge in [-0.05, 0) is 13.8 Å². The second-order valence-corrected chi connectivity index (χ2v) is 3.04. The fourth-order valence-electron chi connectivity index (χ4n) is 1.26. The molecule has 15 heavy (non-hydrogen) atoms. The quantitative estimate of drug-likeness (QED) is 0.257. The summed E-state index contributed by atoms with van der Waals surface area (Å²) in [5, 5.41) is 7.57. The van der Waals surface area contributed by atoms with Crippen molar-refractivity contribution in [3.63, 3.8) is 0 Å². The van der Waals surface area contributed by atoms with E-state index < -0.39 is 5.66 Å². The number of hydrogen-bond acceptors (Lipinski definition) is 8. The van der Waals surface area contributed by atoms with Gasteiger partial charge in [0.2, 0.25) is 11.6 Å². The summed E-state index contributed by atoms with van der Waals surface area (Å²) in [5.74, 6) is 5.39. The third-order valence-corrected chi connectivity index (χ3v) is 2.12. The van der Waals surface area contributed by atoms with E-state index in [4.69, 9.17) is 16.4 Å². The normalized spacial score (nSPS) is 26.7. The first-order chi connectivity index (χ1) is 7.06. The van der Waals surface area contributed by atoms with Gasteiger partial charge >= 0.3 is 0 Å². The number of rotatable bonds is 3. The molecule has 0 saturated carbocycles. The number of guanidine groups is 1. The molecule has 0 aliphatic carbocycles. The Labute approximate surface area is 87.4 Å². The number of nitrogens with one attached hydrogen (secondary N) is 2. The van der Waals surface area contributed by atoms with Crippen LogP contribution in [0.25, 0.3) is 0 Å². The first-order valence-electron chi connectivity index (χ1n) is 4.28. The topological polar surface area (TPSA) is 122 Å². The summed E-state index contributed by atoms with van der Waals surface area (Å²) in [7, 11) is 1.46. The average molecular weight is 213 g/mol. The molecule has 0 bridgehead atoms. The Kier molecular flexibility index (Phi) is 3.22. The van der Waals surface area contributed by atoms with Crippen molar-refractivity contribution in [1.29, 1.82) is 0 Å². The van der Waals surface area contributed by atoms with E-state index in [1.54, 1.807) is 13.8 Å². The molecule has 1 heterocycles. The molecule has 1 atom stereocenters. The summed E-state index contributed by atoms with van der Waals surface area (Å²) in [5.41, 5.74) is 10.8. The third kappa shape index (κ3) is 1.90. The highest BCUT2D eigenvalue weighted by Gasteiger charge is 2.39. The van der Waals surface area contributed by atoms with E-state index in [1.807, 2.05) is 0 Å². The molecule has 84 valence electrons. The minimum absolute atomic E-state index is 0.160. The monoisotopic (exact) mass is 213 g/mol. The highest BCUT2D eigenvalue weighted by Crippen LogP contribution is 2.15. The minimum atomic E-state index is -1.03. The zero-order chi connectivity index (χ0) is 11.5. The largest absolute Gasteiger partial charge is 0.368 e. The van der Waals surface area contributed by atoms with E-state index in [2.05, 4.69) is 26.1 Å². The molecule has 6 N–H and O–H groups in total. The van der Waals surface area contributed by atoms with Crippen LogP contribution in [-0.2, 0) is 4.84 Å². The first kappa shape index (κ1) is 11.4. The van der Waals surface area contributed by atoms with E-state index in [1.165, 1.54) is 7.11 Å². The SMILES string of the molecule is CONC1(/C(C)=N/N)N=C(N)NN=C1C. The molecule has 1 rings (SSSR count). The van der Waals surface area contributed by atoms with Gasteiger partial charge in [0.25, 0.3) is 0 Å². The molecule has 0 aromatic heterocycles. The van der Waals surface area contributed by atoms with Gasteiger partial charge in [-0.2, -0.15) is 15.7 Å². The average Bonchev–Trinajstić information content (AvgIpc) is 2.22. The summed E-state index contributed by atoms with van der Waals surface area (Å²) in [6, 6.07) is 0. The molecule has 0 radical (unpaired) electrons. The Balaban J connectivity index is 3.19. The molecule has 0 aromatic rings. The van der Waals surface area contributed by atoms with Crippen molar-refractivity contribution in [3.05, 3.63) is 0 Å². The summed E-state index contributed by atoms with van der Waals surface area (Å²) >= 11 is 0. The summed E-state index contributed by atoms with van der Waals surface area (Å²) < 4.78 is 0. The Morgan fingerprint density at radius 2 is 2.33 bits per heavy atom. The van der Waals surface area contributed by atoms with Gasteiger partial charge in [0.15, 0.2) is 0 Å². The molecule has 1 aliphatic heterocycles. The molecule has 8 nitrogen and oxygen atoms in total. The van der Waals surface area contributed by atoms with Crippen LogP contribution in [0.5, 0.6) is 0 Å². The lowest BCUT2D eigenvalue weighted by Crippen LogP contribution is -2.59. The van der Waals surface area contributed by atoms with E-state index in [0.29, 0.717) is 11.4 Å². The van der Waals surface area contributed by atoms with Gasteiger partial charge in [-0.15, -0.1) is 0 Å². The van der Waals surface area contributed by atoms with Gasteiger partial charge in [0, 0.05) is 0 Å². The second kappa shape index (κ2) is 4.24. The molecular weight excluding hydrogens is 198 g/mol. The van der Waals surface area contributed by atoms with Gasteiger partial charge in [-0.1, -0.05) is 0 Å². The number of hydrogen-bond donors (Lipinski definition) is 4. The van der Waals surface area contributed by atoms with E-state index in [-0.39, 0.29) is 5.96 Å². The number of hydroxylamine groups is 1. The van der Waals surface area contributed by atoms with Gasteiger partial charge in [0.1, 0.15) is 0 Å². The summed E-state index contributed by atoms with van der Waals surface area (Å²) in [6.07, 6.45) is 0. The molecule has 1 aliphatic rings. The molecule has 8 heteroatoms. The van der Waals surface area contributed by atoms with E-state index in [0.717, 1.165) is 0 Å². The number of hydrazone groups is 2. The van der Waals surface area contributed by atoms with Crippen LogP contribution >= 0.6 is 0 Å². The van der Waals surface area contributed by atoms with Gasteiger partial charge in [-0.25, -0.2) is 10.4 Å². The Hall–Kier alpha value is -1.67. The Morgan fingerprint density at radius 1 is 1.67 bits per heavy atom. The number of nitrogens with zero attached hydrogens (tertiary/aromatic N) is 3.